The van der Waals surface area contributed by atoms with Crippen molar-refractivity contribution < 1.29 is 23.5 Å². The molecule has 0 aliphatic rings. The topological polar surface area (TPSA) is 77.1 Å². The van der Waals surface area contributed by atoms with Crippen LogP contribution in [0.15, 0.2) is 41.6 Å². The third kappa shape index (κ3) is 3.19. The molecule has 0 fully saturated rings. The highest BCUT2D eigenvalue weighted by atomic mass is 19.1. The third-order valence-corrected chi connectivity index (χ3v) is 2.68. The molecule has 0 atom stereocenters. The lowest BCUT2D eigenvalue weighted by molar-refractivity contribution is 0.318. The Morgan fingerprint density at radius 2 is 1.62 bits per heavy atom. The molecule has 0 aliphatic carbocycles. The van der Waals surface area contributed by atoms with Crippen LogP contribution in [0.2, 0.25) is 0 Å². The molecule has 3 N–H and O–H groups in total. The quantitative estimate of drug-likeness (QED) is 0.393. The van der Waals surface area contributed by atoms with Crippen molar-refractivity contribution in [1.29, 1.82) is 0 Å². The van der Waals surface area contributed by atoms with E-state index >= 15 is 0 Å². The number of benzene rings is 2. The van der Waals surface area contributed by atoms with Crippen molar-refractivity contribution in [2.75, 3.05) is 7.11 Å². The number of hydrogen-bond acceptors (Lipinski definition) is 4. The lowest BCUT2D eigenvalue weighted by Gasteiger charge is -2.10. The van der Waals surface area contributed by atoms with Crippen molar-refractivity contribution in [3.63, 3.8) is 0 Å². The van der Waals surface area contributed by atoms with Crippen LogP contribution in [0.1, 0.15) is 5.56 Å². The van der Waals surface area contributed by atoms with E-state index in [0.717, 1.165) is 12.1 Å². The van der Waals surface area contributed by atoms with Gasteiger partial charge in [-0.3, -0.25) is 0 Å². The SMILES string of the molecule is COc1ccc(Oc2c(F)cc(/C(N)=N/O)cc2F)cc1. The van der Waals surface area contributed by atoms with Gasteiger partial charge in [0.1, 0.15) is 11.5 Å². The largest absolute Gasteiger partial charge is 0.497 e. The van der Waals surface area contributed by atoms with Crippen molar-refractivity contribution in [3.8, 4) is 17.2 Å². The minimum atomic E-state index is -0.965. The molecule has 110 valence electrons. The Balaban J connectivity index is 2.31. The zero-order valence-electron chi connectivity index (χ0n) is 11.0. The minimum Gasteiger partial charge on any atom is -0.497 e. The fourth-order valence-electron chi connectivity index (χ4n) is 1.62. The zero-order valence-corrected chi connectivity index (χ0v) is 11.0. The van der Waals surface area contributed by atoms with Crippen LogP contribution in [0.3, 0.4) is 0 Å². The van der Waals surface area contributed by atoms with Gasteiger partial charge in [0.2, 0.25) is 0 Å². The van der Waals surface area contributed by atoms with Gasteiger partial charge in [0.05, 0.1) is 7.11 Å². The Labute approximate surface area is 119 Å². The van der Waals surface area contributed by atoms with E-state index in [-0.39, 0.29) is 11.3 Å². The first-order valence-electron chi connectivity index (χ1n) is 5.84. The summed E-state index contributed by atoms with van der Waals surface area (Å²) in [6.07, 6.45) is 0. The summed E-state index contributed by atoms with van der Waals surface area (Å²) in [7, 11) is 1.50. The van der Waals surface area contributed by atoms with Crippen LogP contribution in [-0.2, 0) is 0 Å². The lowest BCUT2D eigenvalue weighted by Crippen LogP contribution is -2.14. The Kier molecular flexibility index (Phi) is 4.22. The summed E-state index contributed by atoms with van der Waals surface area (Å²) in [5.74, 6) is -2.07. The van der Waals surface area contributed by atoms with E-state index in [1.807, 2.05) is 0 Å². The summed E-state index contributed by atoms with van der Waals surface area (Å²) in [5.41, 5.74) is 5.19. The molecule has 0 radical (unpaired) electrons. The number of hydrogen-bond donors (Lipinski definition) is 2. The second-order valence-corrected chi connectivity index (χ2v) is 4.03. The number of nitrogens with two attached hydrogens (primary N) is 1. The molecule has 2 aromatic carbocycles. The van der Waals surface area contributed by atoms with Gasteiger partial charge in [-0.15, -0.1) is 0 Å². The molecule has 2 aromatic rings. The average molecular weight is 294 g/mol. The number of halogens is 2. The van der Waals surface area contributed by atoms with E-state index < -0.39 is 23.2 Å². The molecule has 0 heterocycles. The Morgan fingerprint density at radius 3 is 2.10 bits per heavy atom. The molecule has 0 saturated heterocycles. The summed E-state index contributed by atoms with van der Waals surface area (Å²) in [6.45, 7) is 0. The van der Waals surface area contributed by atoms with Crippen LogP contribution in [0, 0.1) is 11.6 Å². The Bertz CT molecular complexity index is 649. The molecule has 7 heteroatoms. The number of oxime groups is 1. The predicted octanol–water partition coefficient (Wildman–Crippen LogP) is 2.86. The van der Waals surface area contributed by atoms with Gasteiger partial charge in [-0.1, -0.05) is 5.16 Å². The van der Waals surface area contributed by atoms with Crippen molar-refractivity contribution in [3.05, 3.63) is 53.6 Å². The number of nitrogens with zero attached hydrogens (tertiary/aromatic N) is 1. The molecule has 0 unspecified atom stereocenters. The zero-order chi connectivity index (χ0) is 15.4. The molecule has 0 amide bonds. The number of methoxy groups -OCH3 is 1. The van der Waals surface area contributed by atoms with E-state index in [0.29, 0.717) is 5.75 Å². The first kappa shape index (κ1) is 14.6. The molecule has 0 spiro atoms. The van der Waals surface area contributed by atoms with Crippen LogP contribution >= 0.6 is 0 Å². The highest BCUT2D eigenvalue weighted by Crippen LogP contribution is 2.29. The molecule has 0 bridgehead atoms. The van der Waals surface area contributed by atoms with Crippen molar-refractivity contribution >= 4 is 5.84 Å². The van der Waals surface area contributed by atoms with Crippen LogP contribution in [0.4, 0.5) is 8.78 Å². The van der Waals surface area contributed by atoms with Crippen LogP contribution in [0.25, 0.3) is 0 Å². The summed E-state index contributed by atoms with van der Waals surface area (Å²) in [6, 6.07) is 8.03. The molecule has 5 nitrogen and oxygen atoms in total. The molecule has 0 saturated carbocycles. The summed E-state index contributed by atoms with van der Waals surface area (Å²) < 4.78 is 37.8. The van der Waals surface area contributed by atoms with Gasteiger partial charge in [-0.05, 0) is 36.4 Å². The lowest BCUT2D eigenvalue weighted by atomic mass is 10.2. The Hall–Kier alpha value is -2.83. The number of ether oxygens (including phenoxy) is 2. The fourth-order valence-corrected chi connectivity index (χ4v) is 1.62. The average Bonchev–Trinajstić information content (AvgIpc) is 2.50. The first-order valence-corrected chi connectivity index (χ1v) is 5.84. The second kappa shape index (κ2) is 6.08. The minimum absolute atomic E-state index is 0.0884. The molecule has 21 heavy (non-hydrogen) atoms. The maximum Gasteiger partial charge on any atom is 0.198 e. The van der Waals surface area contributed by atoms with Crippen LogP contribution in [0.5, 0.6) is 17.2 Å². The summed E-state index contributed by atoms with van der Waals surface area (Å²) in [5, 5.41) is 11.2. The van der Waals surface area contributed by atoms with Gasteiger partial charge < -0.3 is 20.4 Å². The van der Waals surface area contributed by atoms with E-state index in [1.54, 1.807) is 12.1 Å². The van der Waals surface area contributed by atoms with E-state index in [1.165, 1.54) is 19.2 Å². The van der Waals surface area contributed by atoms with E-state index in [4.69, 9.17) is 20.4 Å². The van der Waals surface area contributed by atoms with Gasteiger partial charge in [0.25, 0.3) is 0 Å². The monoisotopic (exact) mass is 294 g/mol. The van der Waals surface area contributed by atoms with Crippen molar-refractivity contribution in [2.45, 2.75) is 0 Å². The third-order valence-electron chi connectivity index (χ3n) is 2.68. The maximum absolute atomic E-state index is 13.9. The Morgan fingerprint density at radius 1 is 1.10 bits per heavy atom. The first-order chi connectivity index (χ1) is 10.0. The van der Waals surface area contributed by atoms with Gasteiger partial charge in [-0.25, -0.2) is 8.78 Å². The predicted molar refractivity (Wildman–Crippen MR) is 71.9 cm³/mol. The molecular formula is C14H12F2N2O3. The van der Waals surface area contributed by atoms with E-state index in [2.05, 4.69) is 5.16 Å². The summed E-state index contributed by atoms with van der Waals surface area (Å²) >= 11 is 0. The number of amidine groups is 1. The standard InChI is InChI=1S/C14H12F2N2O3/c1-20-9-2-4-10(5-3-9)21-13-11(15)6-8(7-12(13)16)14(17)18-19/h2-7,19H,1H3,(H2,17,18). The fraction of sp³-hybridized carbons (Fsp3) is 0.0714. The van der Waals surface area contributed by atoms with E-state index in [9.17, 15) is 8.78 Å². The maximum atomic E-state index is 13.9. The molecule has 0 aromatic heterocycles. The highest BCUT2D eigenvalue weighted by Gasteiger charge is 2.15. The second-order valence-electron chi connectivity index (χ2n) is 4.03. The highest BCUT2D eigenvalue weighted by molar-refractivity contribution is 5.97. The normalized spacial score (nSPS) is 11.3. The van der Waals surface area contributed by atoms with Gasteiger partial charge in [-0.2, -0.15) is 0 Å². The number of rotatable bonds is 4. The molecular weight excluding hydrogens is 282 g/mol. The smallest absolute Gasteiger partial charge is 0.198 e. The summed E-state index contributed by atoms with van der Waals surface area (Å²) in [4.78, 5) is 0. The van der Waals surface area contributed by atoms with Gasteiger partial charge >= 0.3 is 0 Å². The van der Waals surface area contributed by atoms with Crippen LogP contribution in [-0.4, -0.2) is 18.2 Å². The molecule has 0 aliphatic heterocycles. The van der Waals surface area contributed by atoms with Gasteiger partial charge in [0, 0.05) is 5.56 Å². The van der Waals surface area contributed by atoms with Crippen molar-refractivity contribution in [2.24, 2.45) is 10.9 Å². The van der Waals surface area contributed by atoms with Crippen molar-refractivity contribution in [1.82, 2.24) is 0 Å². The van der Waals surface area contributed by atoms with Gasteiger partial charge in [0.15, 0.2) is 23.2 Å². The van der Waals surface area contributed by atoms with Crippen LogP contribution < -0.4 is 15.2 Å². The molecule has 2 rings (SSSR count).